The van der Waals surface area contributed by atoms with Gasteiger partial charge in [-0.1, -0.05) is 0 Å². The van der Waals surface area contributed by atoms with Crippen LogP contribution in [0.15, 0.2) is 23.7 Å². The van der Waals surface area contributed by atoms with E-state index in [1.54, 1.807) is 0 Å². The average Bonchev–Trinajstić information content (AvgIpc) is 2.16. The molecule has 0 radical (unpaired) electrons. The van der Waals surface area contributed by atoms with Crippen LogP contribution in [-0.4, -0.2) is 23.5 Å². The summed E-state index contributed by atoms with van der Waals surface area (Å²) in [7, 11) is 0. The summed E-state index contributed by atoms with van der Waals surface area (Å²) in [5, 5.41) is 0. The fourth-order valence-electron chi connectivity index (χ4n) is 1.01. The van der Waals surface area contributed by atoms with Crippen LogP contribution in [0.2, 0.25) is 0 Å². The molecule has 6 nitrogen and oxygen atoms in total. The Morgan fingerprint density at radius 3 is 1.44 bits per heavy atom. The Hall–Kier alpha value is -2.24. The van der Waals surface area contributed by atoms with Gasteiger partial charge in [0.05, 0.1) is 0 Å². The summed E-state index contributed by atoms with van der Waals surface area (Å²) in [5.74, 6) is -4.09. The minimum atomic E-state index is -0.781. The maximum Gasteiger partial charge on any atom is 0.308 e. The number of hydrogen-bond donors (Lipinski definition) is 0. The van der Waals surface area contributed by atoms with Crippen LogP contribution in [0.25, 0.3) is 0 Å². The molecule has 1 rings (SSSR count). The van der Waals surface area contributed by atoms with E-state index in [4.69, 9.17) is 0 Å². The van der Waals surface area contributed by atoms with Crippen molar-refractivity contribution in [3.63, 3.8) is 0 Å². The topological polar surface area (TPSA) is 86.7 Å². The van der Waals surface area contributed by atoms with Gasteiger partial charge in [0.1, 0.15) is 0 Å². The molecule has 0 spiro atoms. The van der Waals surface area contributed by atoms with Crippen LogP contribution in [0.1, 0.15) is 13.8 Å². The van der Waals surface area contributed by atoms with Crippen molar-refractivity contribution in [3.8, 4) is 0 Å². The zero-order valence-electron chi connectivity index (χ0n) is 8.60. The molecule has 1 aliphatic rings. The SMILES string of the molecule is CC(=O)OC1=C(OC(C)=O)C(=O)C=CC1=O. The van der Waals surface area contributed by atoms with Crippen LogP contribution >= 0.6 is 0 Å². The summed E-state index contributed by atoms with van der Waals surface area (Å²) in [6.07, 6.45) is 1.88. The first kappa shape index (κ1) is 11.8. The minimum Gasteiger partial charge on any atom is -0.418 e. The van der Waals surface area contributed by atoms with Crippen molar-refractivity contribution in [1.29, 1.82) is 0 Å². The first-order chi connectivity index (χ1) is 7.41. The molecule has 0 unspecified atom stereocenters. The summed E-state index contributed by atoms with van der Waals surface area (Å²) in [6.45, 7) is 2.13. The molecule has 0 aliphatic heterocycles. The van der Waals surface area contributed by atoms with E-state index in [0.29, 0.717) is 0 Å². The normalized spacial score (nSPS) is 15.1. The summed E-state index contributed by atoms with van der Waals surface area (Å²) >= 11 is 0. The highest BCUT2D eigenvalue weighted by molar-refractivity contribution is 6.19. The van der Waals surface area contributed by atoms with Gasteiger partial charge in [0.15, 0.2) is 0 Å². The third-order valence-electron chi connectivity index (χ3n) is 1.53. The van der Waals surface area contributed by atoms with Crippen LogP contribution in [0, 0.1) is 0 Å². The number of allylic oxidation sites excluding steroid dienone is 2. The van der Waals surface area contributed by atoms with Gasteiger partial charge in [-0.3, -0.25) is 19.2 Å². The minimum absolute atomic E-state index is 0.560. The van der Waals surface area contributed by atoms with Crippen molar-refractivity contribution >= 4 is 23.5 Å². The van der Waals surface area contributed by atoms with Gasteiger partial charge >= 0.3 is 11.9 Å². The standard InChI is InChI=1S/C10H8O6/c1-5(11)15-9-7(13)3-4-8(14)10(9)16-6(2)12/h3-4H,1-2H3. The van der Waals surface area contributed by atoms with E-state index in [2.05, 4.69) is 9.47 Å². The van der Waals surface area contributed by atoms with E-state index in [1.165, 1.54) is 0 Å². The first-order valence-electron chi connectivity index (χ1n) is 4.29. The molecule has 1 aliphatic carbocycles. The third kappa shape index (κ3) is 2.63. The summed E-state index contributed by atoms with van der Waals surface area (Å²) in [6, 6.07) is 0. The van der Waals surface area contributed by atoms with Gasteiger partial charge in [0.25, 0.3) is 0 Å². The summed E-state index contributed by atoms with van der Waals surface area (Å²) < 4.78 is 9.06. The lowest BCUT2D eigenvalue weighted by Crippen LogP contribution is -2.21. The number of esters is 2. The Balaban J connectivity index is 3.14. The van der Waals surface area contributed by atoms with Gasteiger partial charge in [-0.2, -0.15) is 0 Å². The lowest BCUT2D eigenvalue weighted by atomic mass is 10.1. The Bertz CT molecular complexity index is 400. The highest BCUT2D eigenvalue weighted by atomic mass is 16.6. The van der Waals surface area contributed by atoms with Crippen molar-refractivity contribution in [2.45, 2.75) is 13.8 Å². The number of hydrogen-bond acceptors (Lipinski definition) is 6. The van der Waals surface area contributed by atoms with Crippen LogP contribution in [-0.2, 0) is 28.7 Å². The zero-order chi connectivity index (χ0) is 12.3. The molecule has 0 saturated heterocycles. The Morgan fingerprint density at radius 2 is 1.19 bits per heavy atom. The maximum absolute atomic E-state index is 11.3. The van der Waals surface area contributed by atoms with Crippen molar-refractivity contribution < 1.29 is 28.7 Å². The molecule has 16 heavy (non-hydrogen) atoms. The van der Waals surface area contributed by atoms with E-state index < -0.39 is 35.0 Å². The van der Waals surface area contributed by atoms with Crippen LogP contribution < -0.4 is 0 Å². The largest absolute Gasteiger partial charge is 0.418 e. The molecule has 0 aromatic carbocycles. The van der Waals surface area contributed by atoms with Crippen molar-refractivity contribution in [2.24, 2.45) is 0 Å². The van der Waals surface area contributed by atoms with E-state index in [-0.39, 0.29) is 0 Å². The zero-order valence-corrected chi connectivity index (χ0v) is 8.60. The Morgan fingerprint density at radius 1 is 0.875 bits per heavy atom. The van der Waals surface area contributed by atoms with E-state index in [9.17, 15) is 19.2 Å². The second kappa shape index (κ2) is 4.52. The lowest BCUT2D eigenvalue weighted by molar-refractivity contribution is -0.144. The molecule has 0 N–H and O–H groups in total. The monoisotopic (exact) mass is 224 g/mol. The molecule has 6 heteroatoms. The van der Waals surface area contributed by atoms with Gasteiger partial charge in [0, 0.05) is 13.8 Å². The highest BCUT2D eigenvalue weighted by Crippen LogP contribution is 2.17. The van der Waals surface area contributed by atoms with Crippen molar-refractivity contribution in [2.75, 3.05) is 0 Å². The van der Waals surface area contributed by atoms with E-state index in [0.717, 1.165) is 26.0 Å². The van der Waals surface area contributed by atoms with Gasteiger partial charge in [-0.05, 0) is 12.2 Å². The smallest absolute Gasteiger partial charge is 0.308 e. The molecule has 0 bridgehead atoms. The molecular weight excluding hydrogens is 216 g/mol. The Labute approximate surface area is 90.5 Å². The summed E-state index contributed by atoms with van der Waals surface area (Å²) in [4.78, 5) is 44.0. The second-order valence-electron chi connectivity index (χ2n) is 2.91. The first-order valence-corrected chi connectivity index (χ1v) is 4.29. The molecule has 0 aromatic heterocycles. The Kier molecular flexibility index (Phi) is 3.34. The van der Waals surface area contributed by atoms with Crippen LogP contribution in [0.5, 0.6) is 0 Å². The summed E-state index contributed by atoms with van der Waals surface area (Å²) in [5.41, 5.74) is 0. The number of rotatable bonds is 2. The number of carbonyl (C=O) groups excluding carboxylic acids is 4. The molecular formula is C10H8O6. The number of ketones is 2. The molecule has 84 valence electrons. The van der Waals surface area contributed by atoms with Crippen LogP contribution in [0.4, 0.5) is 0 Å². The molecule has 0 fully saturated rings. The molecule has 0 heterocycles. The third-order valence-corrected chi connectivity index (χ3v) is 1.53. The highest BCUT2D eigenvalue weighted by Gasteiger charge is 2.28. The molecule has 0 atom stereocenters. The predicted molar refractivity (Wildman–Crippen MR) is 49.7 cm³/mol. The number of ether oxygens (including phenoxy) is 2. The molecule has 0 saturated carbocycles. The number of carbonyl (C=O) groups is 4. The quantitative estimate of drug-likeness (QED) is 0.486. The van der Waals surface area contributed by atoms with E-state index in [1.807, 2.05) is 0 Å². The fraction of sp³-hybridized carbons (Fsp3) is 0.200. The maximum atomic E-state index is 11.3. The van der Waals surface area contributed by atoms with Gasteiger partial charge in [0.2, 0.25) is 23.1 Å². The average molecular weight is 224 g/mol. The van der Waals surface area contributed by atoms with Gasteiger partial charge < -0.3 is 9.47 Å². The van der Waals surface area contributed by atoms with Crippen LogP contribution in [0.3, 0.4) is 0 Å². The fourth-order valence-corrected chi connectivity index (χ4v) is 1.01. The predicted octanol–water partition coefficient (Wildman–Crippen LogP) is 0.0322. The molecule has 0 amide bonds. The molecule has 0 aromatic rings. The second-order valence-corrected chi connectivity index (χ2v) is 2.91. The van der Waals surface area contributed by atoms with Gasteiger partial charge in [-0.15, -0.1) is 0 Å². The van der Waals surface area contributed by atoms with Crippen molar-refractivity contribution in [1.82, 2.24) is 0 Å². The van der Waals surface area contributed by atoms with Crippen molar-refractivity contribution in [3.05, 3.63) is 23.7 Å². The van der Waals surface area contributed by atoms with Gasteiger partial charge in [-0.25, -0.2) is 0 Å². The van der Waals surface area contributed by atoms with E-state index >= 15 is 0 Å². The lowest BCUT2D eigenvalue weighted by Gasteiger charge is -2.12.